The number of aromatic nitrogens is 1. The predicted molar refractivity (Wildman–Crippen MR) is 229 cm³/mol. The van der Waals surface area contributed by atoms with E-state index in [1.165, 1.54) is 11.1 Å². The maximum absolute atomic E-state index is 6.81. The van der Waals surface area contributed by atoms with Crippen LogP contribution in [0.3, 0.4) is 0 Å². The van der Waals surface area contributed by atoms with Crippen LogP contribution in [0, 0.1) is 0 Å². The quantitative estimate of drug-likeness (QED) is 0.147. The van der Waals surface area contributed by atoms with Crippen LogP contribution in [0.1, 0.15) is 0 Å². The van der Waals surface area contributed by atoms with E-state index in [0.29, 0.717) is 5.89 Å². The van der Waals surface area contributed by atoms with Gasteiger partial charge in [0, 0.05) is 50.5 Å². The number of anilines is 6. The number of hydrogen-bond acceptors (Lipinski definition) is 4. The summed E-state index contributed by atoms with van der Waals surface area (Å²) in [7, 11) is 0. The Morgan fingerprint density at radius 3 is 1.36 bits per heavy atom. The molecule has 4 heteroatoms. The summed E-state index contributed by atoms with van der Waals surface area (Å²) in [5.41, 5.74) is 11.2. The van der Waals surface area contributed by atoms with Crippen LogP contribution < -0.4 is 9.80 Å². The maximum Gasteiger partial charge on any atom is 0.227 e. The molecule has 0 bridgehead atoms. The van der Waals surface area contributed by atoms with Gasteiger partial charge in [0.05, 0.1) is 0 Å². The second-order valence-corrected chi connectivity index (χ2v) is 13.6. The number of rotatable bonds is 8. The Morgan fingerprint density at radius 2 is 0.745 bits per heavy atom. The SMILES string of the molecule is c1ccc(-c2ccc(N(c3ccccc3)c3cccc(-c4nc5c6cc(N(c7ccccc7)c7ccccc7)ccc6c6ccccc6c5o4)c3)cc2)cc1. The number of nitrogens with zero attached hydrogens (tertiary/aromatic N) is 3. The molecule has 0 atom stereocenters. The van der Waals surface area contributed by atoms with Gasteiger partial charge in [-0.25, -0.2) is 4.98 Å². The molecule has 0 amide bonds. The van der Waals surface area contributed by atoms with E-state index >= 15 is 0 Å². The zero-order chi connectivity index (χ0) is 36.6. The third-order valence-corrected chi connectivity index (χ3v) is 10.2. The van der Waals surface area contributed by atoms with Crippen molar-refractivity contribution in [1.29, 1.82) is 0 Å². The van der Waals surface area contributed by atoms with Crippen LogP contribution in [-0.4, -0.2) is 4.98 Å². The molecule has 0 fully saturated rings. The van der Waals surface area contributed by atoms with E-state index in [0.717, 1.165) is 72.3 Å². The Kier molecular flexibility index (Phi) is 8.12. The van der Waals surface area contributed by atoms with Crippen molar-refractivity contribution in [1.82, 2.24) is 4.98 Å². The van der Waals surface area contributed by atoms with Gasteiger partial charge in [-0.15, -0.1) is 0 Å². The minimum absolute atomic E-state index is 0.579. The minimum Gasteiger partial charge on any atom is -0.435 e. The molecular weight excluding hydrogens is 671 g/mol. The molecule has 0 radical (unpaired) electrons. The highest BCUT2D eigenvalue weighted by atomic mass is 16.3. The molecule has 4 nitrogen and oxygen atoms in total. The Bertz CT molecular complexity index is 2870. The van der Waals surface area contributed by atoms with E-state index < -0.39 is 0 Å². The zero-order valence-corrected chi connectivity index (χ0v) is 30.0. The van der Waals surface area contributed by atoms with E-state index in [1.807, 2.05) is 12.1 Å². The molecule has 1 heterocycles. The van der Waals surface area contributed by atoms with Crippen LogP contribution in [0.2, 0.25) is 0 Å². The number of fused-ring (bicyclic) bond motifs is 6. The highest BCUT2D eigenvalue weighted by molar-refractivity contribution is 6.23. The fourth-order valence-electron chi connectivity index (χ4n) is 7.66. The van der Waals surface area contributed by atoms with Gasteiger partial charge in [0.1, 0.15) is 5.52 Å². The molecule has 0 saturated carbocycles. The summed E-state index contributed by atoms with van der Waals surface area (Å²) in [5, 5.41) is 4.35. The molecule has 1 aromatic heterocycles. The Hall–Kier alpha value is -7.43. The summed E-state index contributed by atoms with van der Waals surface area (Å²) in [5.74, 6) is 0.579. The molecule has 260 valence electrons. The predicted octanol–water partition coefficient (Wildman–Crippen LogP) is 14.4. The van der Waals surface area contributed by atoms with Gasteiger partial charge in [-0.2, -0.15) is 0 Å². The molecule has 0 aliphatic carbocycles. The normalized spacial score (nSPS) is 11.3. The second-order valence-electron chi connectivity index (χ2n) is 13.6. The monoisotopic (exact) mass is 705 g/mol. The van der Waals surface area contributed by atoms with Gasteiger partial charge in [0.25, 0.3) is 0 Å². The summed E-state index contributed by atoms with van der Waals surface area (Å²) in [6.45, 7) is 0. The molecular formula is C51H35N3O. The van der Waals surface area contributed by atoms with Crippen LogP contribution in [0.25, 0.3) is 55.2 Å². The molecule has 10 aromatic rings. The largest absolute Gasteiger partial charge is 0.435 e. The highest BCUT2D eigenvalue weighted by Gasteiger charge is 2.20. The Balaban J connectivity index is 1.12. The second kappa shape index (κ2) is 13.8. The number of para-hydroxylation sites is 3. The van der Waals surface area contributed by atoms with Gasteiger partial charge in [-0.05, 0) is 101 Å². The lowest BCUT2D eigenvalue weighted by molar-refractivity contribution is 0.623. The van der Waals surface area contributed by atoms with Crippen molar-refractivity contribution in [2.75, 3.05) is 9.80 Å². The third kappa shape index (κ3) is 5.96. The minimum atomic E-state index is 0.579. The lowest BCUT2D eigenvalue weighted by Crippen LogP contribution is -2.09. The van der Waals surface area contributed by atoms with Crippen molar-refractivity contribution in [3.05, 3.63) is 212 Å². The summed E-state index contributed by atoms with van der Waals surface area (Å²) in [6, 6.07) is 74.3. The number of benzene rings is 9. The van der Waals surface area contributed by atoms with Crippen molar-refractivity contribution in [2.45, 2.75) is 0 Å². The molecule has 0 spiro atoms. The van der Waals surface area contributed by atoms with Gasteiger partial charge >= 0.3 is 0 Å². The van der Waals surface area contributed by atoms with Crippen molar-refractivity contribution in [3.63, 3.8) is 0 Å². The van der Waals surface area contributed by atoms with Gasteiger partial charge in [-0.3, -0.25) is 0 Å². The number of oxazole rings is 1. The smallest absolute Gasteiger partial charge is 0.227 e. The van der Waals surface area contributed by atoms with Crippen molar-refractivity contribution >= 4 is 66.8 Å². The van der Waals surface area contributed by atoms with Crippen LogP contribution >= 0.6 is 0 Å². The lowest BCUT2D eigenvalue weighted by Gasteiger charge is -2.26. The first-order chi connectivity index (χ1) is 27.3. The van der Waals surface area contributed by atoms with E-state index in [9.17, 15) is 0 Å². The average molecular weight is 706 g/mol. The van der Waals surface area contributed by atoms with Gasteiger partial charge in [-0.1, -0.05) is 133 Å². The van der Waals surface area contributed by atoms with Crippen LogP contribution in [-0.2, 0) is 0 Å². The summed E-state index contributed by atoms with van der Waals surface area (Å²) in [4.78, 5) is 9.86. The van der Waals surface area contributed by atoms with Crippen molar-refractivity contribution in [3.8, 4) is 22.6 Å². The van der Waals surface area contributed by atoms with Gasteiger partial charge in [0.2, 0.25) is 5.89 Å². The summed E-state index contributed by atoms with van der Waals surface area (Å²) >= 11 is 0. The van der Waals surface area contributed by atoms with E-state index in [-0.39, 0.29) is 0 Å². The van der Waals surface area contributed by atoms with E-state index in [4.69, 9.17) is 9.40 Å². The van der Waals surface area contributed by atoms with Gasteiger partial charge < -0.3 is 14.2 Å². The topological polar surface area (TPSA) is 32.5 Å². The highest BCUT2D eigenvalue weighted by Crippen LogP contribution is 2.43. The van der Waals surface area contributed by atoms with Crippen LogP contribution in [0.5, 0.6) is 0 Å². The Labute approximate surface area is 319 Å². The first-order valence-electron chi connectivity index (χ1n) is 18.5. The van der Waals surface area contributed by atoms with Crippen molar-refractivity contribution in [2.24, 2.45) is 0 Å². The fraction of sp³-hybridized carbons (Fsp3) is 0. The molecule has 0 aliphatic heterocycles. The van der Waals surface area contributed by atoms with E-state index in [1.54, 1.807) is 0 Å². The van der Waals surface area contributed by atoms with Crippen LogP contribution in [0.4, 0.5) is 34.1 Å². The summed E-state index contributed by atoms with van der Waals surface area (Å²) < 4.78 is 6.81. The first kappa shape index (κ1) is 32.2. The Morgan fingerprint density at radius 1 is 0.309 bits per heavy atom. The number of hydrogen-bond donors (Lipinski definition) is 0. The molecule has 9 aromatic carbocycles. The van der Waals surface area contributed by atoms with Crippen LogP contribution in [0.15, 0.2) is 217 Å². The maximum atomic E-state index is 6.81. The molecule has 0 saturated heterocycles. The van der Waals surface area contributed by atoms with E-state index in [2.05, 4.69) is 210 Å². The molecule has 55 heavy (non-hydrogen) atoms. The first-order valence-corrected chi connectivity index (χ1v) is 18.5. The molecule has 0 N–H and O–H groups in total. The van der Waals surface area contributed by atoms with Crippen molar-refractivity contribution < 1.29 is 4.42 Å². The summed E-state index contributed by atoms with van der Waals surface area (Å²) in [6.07, 6.45) is 0. The van der Waals surface area contributed by atoms with Gasteiger partial charge in [0.15, 0.2) is 5.58 Å². The third-order valence-electron chi connectivity index (χ3n) is 10.2. The molecule has 0 unspecified atom stereocenters. The molecule has 10 rings (SSSR count). The fourth-order valence-corrected chi connectivity index (χ4v) is 7.66. The average Bonchev–Trinajstić information content (AvgIpc) is 3.72. The lowest BCUT2D eigenvalue weighted by atomic mass is 9.99. The zero-order valence-electron chi connectivity index (χ0n) is 30.0. The molecule has 0 aliphatic rings. The standard InChI is InChI=1S/C51H35N3O/c1-5-16-36(17-6-1)37-28-30-42(31-29-37)54(41-23-11-4-12-24-41)43-25-15-18-38(34-43)51-52-49-48-35-44(32-33-46(48)45-26-13-14-27-47(45)50(49)55-51)53(39-19-7-2-8-20-39)40-21-9-3-10-22-40/h1-35H.